The van der Waals surface area contributed by atoms with E-state index in [9.17, 15) is 24.0 Å². The van der Waals surface area contributed by atoms with E-state index in [-0.39, 0.29) is 31.2 Å². The van der Waals surface area contributed by atoms with Gasteiger partial charge in [-0.1, -0.05) is 42.5 Å². The molecule has 10 heteroatoms. The molecule has 4 amide bonds. The van der Waals surface area contributed by atoms with Crippen LogP contribution in [-0.4, -0.2) is 78.7 Å². The van der Waals surface area contributed by atoms with Crippen LogP contribution in [0.1, 0.15) is 31.2 Å². The molecule has 1 heterocycles. The quantitative estimate of drug-likeness (QED) is 0.396. The summed E-state index contributed by atoms with van der Waals surface area (Å²) in [6, 6.07) is 8.58. The first-order valence-corrected chi connectivity index (χ1v) is 11.0. The Morgan fingerprint density at radius 3 is 2.41 bits per heavy atom. The summed E-state index contributed by atoms with van der Waals surface area (Å²) in [5, 5.41) is 2.43. The van der Waals surface area contributed by atoms with Crippen LogP contribution in [0.2, 0.25) is 0 Å². The number of methoxy groups -OCH3 is 1. The topological polar surface area (TPSA) is 139 Å². The number of amides is 4. The molecule has 1 aliphatic rings. The summed E-state index contributed by atoms with van der Waals surface area (Å²) in [5.74, 6) is -2.62. The fourth-order valence-electron chi connectivity index (χ4n) is 3.40. The maximum absolute atomic E-state index is 12.6. The van der Waals surface area contributed by atoms with E-state index in [2.05, 4.69) is 35.7 Å². The number of nitrogens with two attached hydrogens (primary N) is 1. The van der Waals surface area contributed by atoms with Crippen molar-refractivity contribution in [1.29, 1.82) is 0 Å². The van der Waals surface area contributed by atoms with E-state index in [4.69, 9.17) is 5.73 Å². The van der Waals surface area contributed by atoms with E-state index in [0.717, 1.165) is 13.2 Å². The number of likely N-dealkylation sites (N-methyl/N-ethyl adjacent to an activating group) is 1. The van der Waals surface area contributed by atoms with Gasteiger partial charge in [-0.05, 0) is 32.3 Å². The lowest BCUT2D eigenvalue weighted by atomic mass is 10.1. The molecule has 2 rings (SSSR count). The van der Waals surface area contributed by atoms with Crippen molar-refractivity contribution in [3.63, 3.8) is 0 Å². The van der Waals surface area contributed by atoms with Gasteiger partial charge in [0, 0.05) is 20.0 Å². The molecule has 1 aromatic carbocycles. The summed E-state index contributed by atoms with van der Waals surface area (Å²) in [6.07, 6.45) is 2.24. The maximum atomic E-state index is 12.6. The highest BCUT2D eigenvalue weighted by atomic mass is 16.5. The molecule has 0 aliphatic carbocycles. The number of nitrogens with one attached hydrogen (secondary N) is 1. The van der Waals surface area contributed by atoms with Gasteiger partial charge in [0.25, 0.3) is 0 Å². The molecule has 186 valence electrons. The number of esters is 1. The van der Waals surface area contributed by atoms with Crippen LogP contribution >= 0.6 is 0 Å². The smallest absolute Gasteiger partial charge is 0.328 e. The molecule has 1 saturated heterocycles. The number of carbonyl (C=O) groups is 5. The lowest BCUT2D eigenvalue weighted by Crippen LogP contribution is -2.50. The number of hydrogen-bond acceptors (Lipinski definition) is 6. The Bertz CT molecular complexity index is 873. The molecule has 0 bridgehead atoms. The van der Waals surface area contributed by atoms with Crippen molar-refractivity contribution in [2.75, 3.05) is 27.2 Å². The molecule has 0 radical (unpaired) electrons. The largest absolute Gasteiger partial charge is 0.467 e. The Morgan fingerprint density at radius 1 is 1.26 bits per heavy atom. The van der Waals surface area contributed by atoms with Crippen molar-refractivity contribution < 1.29 is 28.7 Å². The highest BCUT2D eigenvalue weighted by Gasteiger charge is 2.35. The van der Waals surface area contributed by atoms with E-state index in [0.29, 0.717) is 19.4 Å². The van der Waals surface area contributed by atoms with E-state index in [1.807, 2.05) is 18.2 Å². The number of ether oxygens (including phenoxy) is 1. The van der Waals surface area contributed by atoms with Crippen LogP contribution in [-0.2, 0) is 28.7 Å². The predicted octanol–water partition coefficient (Wildman–Crippen LogP) is 0.540. The Balaban J connectivity index is 0.000000700. The van der Waals surface area contributed by atoms with E-state index < -0.39 is 29.9 Å². The number of likely N-dealkylation sites (tertiary alicyclic amines) is 1. The highest BCUT2D eigenvalue weighted by Crippen LogP contribution is 2.19. The second-order valence-corrected chi connectivity index (χ2v) is 7.89. The van der Waals surface area contributed by atoms with Crippen LogP contribution in [0.5, 0.6) is 0 Å². The number of hydrogen-bond donors (Lipinski definition) is 2. The molecule has 10 nitrogen and oxygen atoms in total. The molecule has 1 aromatic rings. The summed E-state index contributed by atoms with van der Waals surface area (Å²) in [4.78, 5) is 61.8. The van der Waals surface area contributed by atoms with Gasteiger partial charge < -0.3 is 25.6 Å². The number of carbonyl (C=O) groups excluding carboxylic acids is 5. The van der Waals surface area contributed by atoms with Crippen LogP contribution in [0, 0.1) is 6.92 Å². The minimum atomic E-state index is -1.04. The zero-order valence-electron chi connectivity index (χ0n) is 20.0. The number of nitrogens with zero attached hydrogens (tertiary/aromatic N) is 2. The van der Waals surface area contributed by atoms with E-state index >= 15 is 0 Å². The summed E-state index contributed by atoms with van der Waals surface area (Å²) in [5.41, 5.74) is 6.38. The highest BCUT2D eigenvalue weighted by molar-refractivity contribution is 5.94. The Kier molecular flexibility index (Phi) is 12.1. The van der Waals surface area contributed by atoms with Gasteiger partial charge in [-0.15, -0.1) is 0 Å². The van der Waals surface area contributed by atoms with Gasteiger partial charge in [-0.3, -0.25) is 19.2 Å². The van der Waals surface area contributed by atoms with E-state index in [1.54, 1.807) is 0 Å². The monoisotopic (exact) mass is 474 g/mol. The second kappa shape index (κ2) is 14.5. The third-order valence-corrected chi connectivity index (χ3v) is 5.19. The summed E-state index contributed by atoms with van der Waals surface area (Å²) in [7, 11) is 2.60. The standard InChI is InChI=1S/C17H26N4O6.C7H8/c1-4-15(24)21-9-5-6-12(21)16(25)20(2)10-14(23)19-11(17(26)27-3)7-8-13(18)22;1-7-5-3-2-4-6-7/h4,11-12H,1,5-10H2,2-3H3,(H2,18,22)(H,19,23);2-6H,1H3. The van der Waals surface area contributed by atoms with Crippen LogP contribution in [0.15, 0.2) is 43.0 Å². The summed E-state index contributed by atoms with van der Waals surface area (Å²) < 4.78 is 4.59. The fraction of sp³-hybridized carbons (Fsp3) is 0.458. The van der Waals surface area contributed by atoms with Crippen molar-refractivity contribution >= 4 is 29.6 Å². The predicted molar refractivity (Wildman–Crippen MR) is 126 cm³/mol. The van der Waals surface area contributed by atoms with Crippen molar-refractivity contribution in [2.24, 2.45) is 5.73 Å². The zero-order valence-corrected chi connectivity index (χ0v) is 20.0. The molecule has 0 aromatic heterocycles. The van der Waals surface area contributed by atoms with E-state index in [1.165, 1.54) is 22.4 Å². The molecular weight excluding hydrogens is 440 g/mol. The number of rotatable bonds is 9. The molecule has 1 fully saturated rings. The van der Waals surface area contributed by atoms with Gasteiger partial charge in [0.1, 0.15) is 12.1 Å². The normalized spacial score (nSPS) is 15.3. The Labute approximate surface area is 200 Å². The molecule has 2 atom stereocenters. The fourth-order valence-corrected chi connectivity index (χ4v) is 3.40. The average Bonchev–Trinajstić information content (AvgIpc) is 3.30. The molecule has 34 heavy (non-hydrogen) atoms. The second-order valence-electron chi connectivity index (χ2n) is 7.89. The van der Waals surface area contributed by atoms with Crippen LogP contribution in [0.3, 0.4) is 0 Å². The molecular formula is C24H34N4O6. The number of primary amides is 1. The minimum absolute atomic E-state index is 0.00432. The van der Waals surface area contributed by atoms with Gasteiger partial charge in [0.2, 0.25) is 23.6 Å². The lowest BCUT2D eigenvalue weighted by Gasteiger charge is -2.27. The summed E-state index contributed by atoms with van der Waals surface area (Å²) >= 11 is 0. The van der Waals surface area contributed by atoms with Crippen LogP contribution < -0.4 is 11.1 Å². The Morgan fingerprint density at radius 2 is 1.91 bits per heavy atom. The first-order chi connectivity index (χ1) is 16.1. The SMILES string of the molecule is C=CC(=O)N1CCCC1C(=O)N(C)CC(=O)NC(CCC(N)=O)C(=O)OC.Cc1ccccc1. The Hall–Kier alpha value is -3.69. The molecule has 1 aliphatic heterocycles. The first-order valence-electron chi connectivity index (χ1n) is 11.0. The van der Waals surface area contributed by atoms with Gasteiger partial charge in [-0.25, -0.2) is 4.79 Å². The molecule has 0 saturated carbocycles. The van der Waals surface area contributed by atoms with Gasteiger partial charge in [0.15, 0.2) is 0 Å². The maximum Gasteiger partial charge on any atom is 0.328 e. The first kappa shape index (κ1) is 28.3. The van der Waals surface area contributed by atoms with Crippen LogP contribution in [0.4, 0.5) is 0 Å². The lowest BCUT2D eigenvalue weighted by molar-refractivity contribution is -0.146. The third kappa shape index (κ3) is 9.43. The van der Waals surface area contributed by atoms with Gasteiger partial charge in [0.05, 0.1) is 13.7 Å². The molecule has 2 unspecified atom stereocenters. The van der Waals surface area contributed by atoms with Gasteiger partial charge >= 0.3 is 5.97 Å². The van der Waals surface area contributed by atoms with Gasteiger partial charge in [-0.2, -0.15) is 0 Å². The number of benzene rings is 1. The molecule has 3 N–H and O–H groups in total. The minimum Gasteiger partial charge on any atom is -0.467 e. The third-order valence-electron chi connectivity index (χ3n) is 5.19. The van der Waals surface area contributed by atoms with Crippen molar-refractivity contribution in [1.82, 2.24) is 15.1 Å². The zero-order chi connectivity index (χ0) is 25.7. The van der Waals surface area contributed by atoms with Crippen LogP contribution in [0.25, 0.3) is 0 Å². The summed E-state index contributed by atoms with van der Waals surface area (Å²) in [6.45, 7) is 5.65. The van der Waals surface area contributed by atoms with Crippen molar-refractivity contribution in [3.8, 4) is 0 Å². The van der Waals surface area contributed by atoms with Crippen molar-refractivity contribution in [3.05, 3.63) is 48.6 Å². The molecule has 0 spiro atoms. The number of aryl methyl sites for hydroxylation is 1. The average molecular weight is 475 g/mol. The van der Waals surface area contributed by atoms with Crippen molar-refractivity contribution in [2.45, 2.75) is 44.7 Å².